The number of aryl methyl sites for hydroxylation is 1. The lowest BCUT2D eigenvalue weighted by Gasteiger charge is -2.29. The van der Waals surface area contributed by atoms with Crippen molar-refractivity contribution in [3.8, 4) is 0 Å². The Labute approximate surface area is 97.0 Å². The van der Waals surface area contributed by atoms with Gasteiger partial charge < -0.3 is 9.30 Å². The van der Waals surface area contributed by atoms with Gasteiger partial charge in [0.05, 0.1) is 6.10 Å². The van der Waals surface area contributed by atoms with Crippen molar-refractivity contribution >= 4 is 0 Å². The van der Waals surface area contributed by atoms with Crippen molar-refractivity contribution in [1.29, 1.82) is 0 Å². The summed E-state index contributed by atoms with van der Waals surface area (Å²) in [7, 11) is 1.95. The van der Waals surface area contributed by atoms with E-state index in [-0.39, 0.29) is 12.1 Å². The predicted octanol–water partition coefficient (Wildman–Crippen LogP) is 0.986. The molecule has 16 heavy (non-hydrogen) atoms. The Kier molecular flexibility index (Phi) is 4.92. The van der Waals surface area contributed by atoms with Crippen LogP contribution in [0.2, 0.25) is 0 Å². The van der Waals surface area contributed by atoms with E-state index in [2.05, 4.69) is 24.3 Å². The molecule has 5 heteroatoms. The van der Waals surface area contributed by atoms with Crippen LogP contribution in [-0.4, -0.2) is 22.3 Å². The van der Waals surface area contributed by atoms with Crippen LogP contribution in [0.5, 0.6) is 0 Å². The SMILES string of the molecule is CCOC(C(C)C)C(NN)c1nccn1C. The number of rotatable bonds is 6. The summed E-state index contributed by atoms with van der Waals surface area (Å²) in [5.41, 5.74) is 2.80. The van der Waals surface area contributed by atoms with Crippen LogP contribution in [0.25, 0.3) is 0 Å². The minimum Gasteiger partial charge on any atom is -0.376 e. The summed E-state index contributed by atoms with van der Waals surface area (Å²) < 4.78 is 7.70. The Morgan fingerprint density at radius 1 is 1.56 bits per heavy atom. The van der Waals surface area contributed by atoms with Crippen LogP contribution in [-0.2, 0) is 11.8 Å². The van der Waals surface area contributed by atoms with Gasteiger partial charge in [0.15, 0.2) is 0 Å². The Bertz CT molecular complexity index is 311. The molecule has 1 rings (SSSR count). The topological polar surface area (TPSA) is 65.1 Å². The molecule has 0 aromatic carbocycles. The molecule has 0 bridgehead atoms. The van der Waals surface area contributed by atoms with Crippen LogP contribution in [0.1, 0.15) is 32.6 Å². The molecule has 0 aliphatic heterocycles. The number of hydrazine groups is 1. The molecule has 0 aliphatic carbocycles. The van der Waals surface area contributed by atoms with E-state index in [9.17, 15) is 0 Å². The average Bonchev–Trinajstić information content (AvgIpc) is 2.65. The smallest absolute Gasteiger partial charge is 0.129 e. The van der Waals surface area contributed by atoms with Gasteiger partial charge in [-0.3, -0.25) is 5.84 Å². The lowest BCUT2D eigenvalue weighted by Crippen LogP contribution is -2.42. The van der Waals surface area contributed by atoms with Gasteiger partial charge in [0.2, 0.25) is 0 Å². The van der Waals surface area contributed by atoms with Crippen LogP contribution in [0.4, 0.5) is 0 Å². The fraction of sp³-hybridized carbons (Fsp3) is 0.727. The highest BCUT2D eigenvalue weighted by Crippen LogP contribution is 2.22. The number of imidazole rings is 1. The molecule has 1 aromatic heterocycles. The number of aromatic nitrogens is 2. The highest BCUT2D eigenvalue weighted by Gasteiger charge is 2.28. The normalized spacial score (nSPS) is 15.4. The monoisotopic (exact) mass is 226 g/mol. The number of nitrogens with zero attached hydrogens (tertiary/aromatic N) is 2. The zero-order chi connectivity index (χ0) is 12.1. The molecule has 0 amide bonds. The molecule has 0 fully saturated rings. The second-order valence-electron chi connectivity index (χ2n) is 4.20. The molecule has 92 valence electrons. The molecule has 0 saturated carbocycles. The molecule has 5 nitrogen and oxygen atoms in total. The number of nitrogens with two attached hydrogens (primary N) is 1. The third-order valence-electron chi connectivity index (χ3n) is 2.66. The van der Waals surface area contributed by atoms with Crippen molar-refractivity contribution in [2.24, 2.45) is 18.8 Å². The maximum absolute atomic E-state index is 5.74. The molecule has 3 N–H and O–H groups in total. The summed E-state index contributed by atoms with van der Waals surface area (Å²) in [6.45, 7) is 6.90. The van der Waals surface area contributed by atoms with Gasteiger partial charge in [-0.2, -0.15) is 0 Å². The Hall–Kier alpha value is -0.910. The Morgan fingerprint density at radius 2 is 2.25 bits per heavy atom. The minimum atomic E-state index is -0.0834. The van der Waals surface area contributed by atoms with Crippen LogP contribution < -0.4 is 11.3 Å². The first-order valence-corrected chi connectivity index (χ1v) is 5.66. The van der Waals surface area contributed by atoms with E-state index in [0.717, 1.165) is 5.82 Å². The second-order valence-corrected chi connectivity index (χ2v) is 4.20. The van der Waals surface area contributed by atoms with Crippen molar-refractivity contribution in [2.75, 3.05) is 6.61 Å². The van der Waals surface area contributed by atoms with E-state index in [1.54, 1.807) is 6.20 Å². The largest absolute Gasteiger partial charge is 0.376 e. The number of nitrogens with one attached hydrogen (secondary N) is 1. The maximum atomic E-state index is 5.74. The fourth-order valence-electron chi connectivity index (χ4n) is 1.86. The summed E-state index contributed by atoms with van der Waals surface area (Å²) in [4.78, 5) is 4.31. The molecule has 0 radical (unpaired) electrons. The summed E-state index contributed by atoms with van der Waals surface area (Å²) in [6, 6.07) is -0.0834. The highest BCUT2D eigenvalue weighted by molar-refractivity contribution is 5.01. The summed E-state index contributed by atoms with van der Waals surface area (Å²) >= 11 is 0. The third kappa shape index (κ3) is 2.81. The summed E-state index contributed by atoms with van der Waals surface area (Å²) in [5.74, 6) is 6.89. The van der Waals surface area contributed by atoms with Crippen LogP contribution in [0.15, 0.2) is 12.4 Å². The van der Waals surface area contributed by atoms with Crippen molar-refractivity contribution < 1.29 is 4.74 Å². The second kappa shape index (κ2) is 5.98. The van der Waals surface area contributed by atoms with E-state index in [1.165, 1.54) is 0 Å². The standard InChI is InChI=1S/C11H22N4O/c1-5-16-10(8(2)3)9(14-12)11-13-6-7-15(11)4/h6-10,14H,5,12H2,1-4H3. The number of ether oxygens (including phenoxy) is 1. The van der Waals surface area contributed by atoms with E-state index >= 15 is 0 Å². The first-order chi connectivity index (χ1) is 7.61. The molecule has 2 unspecified atom stereocenters. The minimum absolute atomic E-state index is 0.0242. The molecule has 1 aromatic rings. The molecule has 0 saturated heterocycles. The Morgan fingerprint density at radius 3 is 2.62 bits per heavy atom. The van der Waals surface area contributed by atoms with Crippen LogP contribution in [0, 0.1) is 5.92 Å². The molecular weight excluding hydrogens is 204 g/mol. The summed E-state index contributed by atoms with van der Waals surface area (Å²) in [6.07, 6.45) is 3.70. The van der Waals surface area contributed by atoms with Crippen molar-refractivity contribution in [3.05, 3.63) is 18.2 Å². The Balaban J connectivity index is 2.90. The van der Waals surface area contributed by atoms with Gasteiger partial charge in [-0.05, 0) is 12.8 Å². The molecule has 0 aliphatic rings. The van der Waals surface area contributed by atoms with Crippen LogP contribution in [0.3, 0.4) is 0 Å². The fourth-order valence-corrected chi connectivity index (χ4v) is 1.86. The van der Waals surface area contributed by atoms with Gasteiger partial charge in [-0.1, -0.05) is 13.8 Å². The third-order valence-corrected chi connectivity index (χ3v) is 2.66. The average molecular weight is 226 g/mol. The predicted molar refractivity (Wildman–Crippen MR) is 63.5 cm³/mol. The van der Waals surface area contributed by atoms with Gasteiger partial charge >= 0.3 is 0 Å². The first kappa shape index (κ1) is 13.2. The molecule has 1 heterocycles. The lowest BCUT2D eigenvalue weighted by molar-refractivity contribution is 0.0000682. The summed E-state index contributed by atoms with van der Waals surface area (Å²) in [5, 5.41) is 0. The zero-order valence-corrected chi connectivity index (χ0v) is 10.5. The van der Waals surface area contributed by atoms with Crippen molar-refractivity contribution in [3.63, 3.8) is 0 Å². The first-order valence-electron chi connectivity index (χ1n) is 5.66. The van der Waals surface area contributed by atoms with E-state index < -0.39 is 0 Å². The molecule has 0 spiro atoms. The zero-order valence-electron chi connectivity index (χ0n) is 10.5. The van der Waals surface area contributed by atoms with Gasteiger partial charge in [0.1, 0.15) is 11.9 Å². The van der Waals surface area contributed by atoms with Crippen molar-refractivity contribution in [2.45, 2.75) is 32.9 Å². The molecular formula is C11H22N4O. The maximum Gasteiger partial charge on any atom is 0.129 e. The van der Waals surface area contributed by atoms with E-state index in [4.69, 9.17) is 10.6 Å². The number of hydrogen-bond acceptors (Lipinski definition) is 4. The van der Waals surface area contributed by atoms with Gasteiger partial charge in [0, 0.05) is 26.0 Å². The highest BCUT2D eigenvalue weighted by atomic mass is 16.5. The number of hydrogen-bond donors (Lipinski definition) is 2. The van der Waals surface area contributed by atoms with E-state index in [0.29, 0.717) is 12.5 Å². The quantitative estimate of drug-likeness (QED) is 0.561. The molecule has 2 atom stereocenters. The lowest BCUT2D eigenvalue weighted by atomic mass is 9.99. The van der Waals surface area contributed by atoms with Crippen LogP contribution >= 0.6 is 0 Å². The van der Waals surface area contributed by atoms with Crippen molar-refractivity contribution in [1.82, 2.24) is 15.0 Å². The van der Waals surface area contributed by atoms with E-state index in [1.807, 2.05) is 24.7 Å². The van der Waals surface area contributed by atoms with Gasteiger partial charge in [-0.25, -0.2) is 10.4 Å². The van der Waals surface area contributed by atoms with Gasteiger partial charge in [0.25, 0.3) is 0 Å². The van der Waals surface area contributed by atoms with Gasteiger partial charge in [-0.15, -0.1) is 0 Å².